The highest BCUT2D eigenvalue weighted by Gasteiger charge is 2.12. The van der Waals surface area contributed by atoms with E-state index >= 15 is 0 Å². The number of hydrogen-bond acceptors (Lipinski definition) is 4. The summed E-state index contributed by atoms with van der Waals surface area (Å²) in [7, 11) is 3.27. The van der Waals surface area contributed by atoms with Crippen LogP contribution in [0, 0.1) is 0 Å². The van der Waals surface area contributed by atoms with E-state index in [1.165, 1.54) is 7.05 Å². The van der Waals surface area contributed by atoms with Gasteiger partial charge in [0, 0.05) is 25.4 Å². The van der Waals surface area contributed by atoms with Gasteiger partial charge in [-0.2, -0.15) is 0 Å². The summed E-state index contributed by atoms with van der Waals surface area (Å²) in [6.07, 6.45) is 0. The highest BCUT2D eigenvalue weighted by Crippen LogP contribution is 2.17. The Labute approximate surface area is 113 Å². The van der Waals surface area contributed by atoms with Gasteiger partial charge < -0.3 is 16.0 Å². The Bertz CT molecular complexity index is 472. The van der Waals surface area contributed by atoms with Crippen molar-refractivity contribution in [2.75, 3.05) is 26.0 Å². The largest absolute Gasteiger partial charge is 0.373 e. The van der Waals surface area contributed by atoms with E-state index in [0.717, 1.165) is 5.69 Å². The van der Waals surface area contributed by atoms with Crippen LogP contribution in [0.2, 0.25) is 0 Å². The number of hydrogen-bond donors (Lipinski definition) is 3. The van der Waals surface area contributed by atoms with Gasteiger partial charge in [-0.15, -0.1) is 0 Å². The van der Waals surface area contributed by atoms with Gasteiger partial charge in [0.25, 0.3) is 5.91 Å². The molecule has 0 aliphatic rings. The van der Waals surface area contributed by atoms with Crippen molar-refractivity contribution >= 4 is 17.6 Å². The van der Waals surface area contributed by atoms with Crippen LogP contribution in [0.25, 0.3) is 0 Å². The van der Waals surface area contributed by atoms with Crippen LogP contribution in [0.5, 0.6) is 0 Å². The molecule has 0 atom stereocenters. The second-order valence-electron chi connectivity index (χ2n) is 4.43. The second-order valence-corrected chi connectivity index (χ2v) is 4.43. The summed E-state index contributed by atoms with van der Waals surface area (Å²) in [6.45, 7) is 3.98. The molecule has 1 heterocycles. The molecule has 2 amide bonds. The molecule has 1 aromatic heterocycles. The lowest BCUT2D eigenvalue weighted by atomic mass is 10.1. The van der Waals surface area contributed by atoms with Crippen molar-refractivity contribution in [3.05, 3.63) is 23.4 Å². The van der Waals surface area contributed by atoms with Crippen molar-refractivity contribution in [1.29, 1.82) is 0 Å². The van der Waals surface area contributed by atoms with Gasteiger partial charge in [-0.05, 0) is 18.1 Å². The van der Waals surface area contributed by atoms with Crippen LogP contribution < -0.4 is 16.0 Å². The van der Waals surface area contributed by atoms with E-state index in [0.29, 0.717) is 11.4 Å². The van der Waals surface area contributed by atoms with E-state index in [1.54, 1.807) is 19.2 Å². The van der Waals surface area contributed by atoms with Gasteiger partial charge in [0.2, 0.25) is 5.91 Å². The Morgan fingerprint density at radius 2 is 1.95 bits per heavy atom. The van der Waals surface area contributed by atoms with E-state index < -0.39 is 0 Å². The zero-order chi connectivity index (χ0) is 14.4. The average molecular weight is 264 g/mol. The van der Waals surface area contributed by atoms with E-state index in [2.05, 4.69) is 20.9 Å². The van der Waals surface area contributed by atoms with E-state index in [1.807, 2.05) is 13.8 Å². The molecule has 6 nitrogen and oxygen atoms in total. The molecule has 0 radical (unpaired) electrons. The number of aromatic nitrogens is 1. The van der Waals surface area contributed by atoms with Crippen molar-refractivity contribution in [3.63, 3.8) is 0 Å². The average Bonchev–Trinajstić information content (AvgIpc) is 2.43. The molecular weight excluding hydrogens is 244 g/mol. The van der Waals surface area contributed by atoms with Crippen molar-refractivity contribution in [3.8, 4) is 0 Å². The third-order valence-corrected chi connectivity index (χ3v) is 2.64. The number of carbonyl (C=O) groups excluding carboxylic acids is 2. The minimum atomic E-state index is -0.288. The molecule has 0 spiro atoms. The number of rotatable bonds is 5. The molecule has 1 aromatic rings. The molecule has 19 heavy (non-hydrogen) atoms. The summed E-state index contributed by atoms with van der Waals surface area (Å²) >= 11 is 0. The van der Waals surface area contributed by atoms with E-state index in [-0.39, 0.29) is 24.3 Å². The van der Waals surface area contributed by atoms with Crippen LogP contribution in [0.3, 0.4) is 0 Å². The zero-order valence-electron chi connectivity index (χ0n) is 11.7. The molecule has 0 aliphatic carbocycles. The number of nitrogens with zero attached hydrogens (tertiary/aromatic N) is 1. The summed E-state index contributed by atoms with van der Waals surface area (Å²) in [5, 5.41) is 7.93. The number of anilines is 1. The maximum atomic E-state index is 12.0. The van der Waals surface area contributed by atoms with Crippen molar-refractivity contribution in [1.82, 2.24) is 15.6 Å². The molecule has 3 N–H and O–H groups in total. The van der Waals surface area contributed by atoms with Crippen LogP contribution in [0.1, 0.15) is 35.8 Å². The minimum absolute atomic E-state index is 0.0381. The van der Waals surface area contributed by atoms with Gasteiger partial charge in [0.1, 0.15) is 5.82 Å². The second kappa shape index (κ2) is 6.72. The third kappa shape index (κ3) is 4.24. The molecule has 0 unspecified atom stereocenters. The summed E-state index contributed by atoms with van der Waals surface area (Å²) in [4.78, 5) is 27.4. The normalized spacial score (nSPS) is 10.2. The Morgan fingerprint density at radius 1 is 1.26 bits per heavy atom. The first-order valence-corrected chi connectivity index (χ1v) is 6.16. The van der Waals surface area contributed by atoms with Crippen molar-refractivity contribution in [2.45, 2.75) is 19.8 Å². The predicted molar refractivity (Wildman–Crippen MR) is 74.3 cm³/mol. The first-order chi connectivity index (χ1) is 8.97. The smallest absolute Gasteiger partial charge is 0.251 e. The highest BCUT2D eigenvalue weighted by molar-refractivity contribution is 5.97. The monoisotopic (exact) mass is 264 g/mol. The molecule has 0 saturated carbocycles. The lowest BCUT2D eigenvalue weighted by molar-refractivity contribution is -0.119. The van der Waals surface area contributed by atoms with Crippen molar-refractivity contribution in [2.24, 2.45) is 0 Å². The van der Waals surface area contributed by atoms with Crippen LogP contribution in [0.4, 0.5) is 5.82 Å². The fraction of sp³-hybridized carbons (Fsp3) is 0.462. The van der Waals surface area contributed by atoms with Gasteiger partial charge in [-0.1, -0.05) is 13.8 Å². The highest BCUT2D eigenvalue weighted by atomic mass is 16.2. The predicted octanol–water partition coefficient (Wildman–Crippen LogP) is 0.722. The fourth-order valence-electron chi connectivity index (χ4n) is 1.46. The Hall–Kier alpha value is -2.11. The van der Waals surface area contributed by atoms with E-state index in [4.69, 9.17) is 0 Å². The lowest BCUT2D eigenvalue weighted by Crippen LogP contribution is -2.35. The maximum absolute atomic E-state index is 12.0. The van der Waals surface area contributed by atoms with Crippen LogP contribution >= 0.6 is 0 Å². The molecule has 104 valence electrons. The molecule has 0 fully saturated rings. The van der Waals surface area contributed by atoms with Gasteiger partial charge >= 0.3 is 0 Å². The number of nitrogens with one attached hydrogen (secondary N) is 3. The molecule has 0 bridgehead atoms. The third-order valence-electron chi connectivity index (χ3n) is 2.64. The van der Waals surface area contributed by atoms with E-state index in [9.17, 15) is 9.59 Å². The quantitative estimate of drug-likeness (QED) is 0.732. The lowest BCUT2D eigenvalue weighted by Gasteiger charge is -2.11. The van der Waals surface area contributed by atoms with Gasteiger partial charge in [-0.3, -0.25) is 9.59 Å². The zero-order valence-corrected chi connectivity index (χ0v) is 11.7. The van der Waals surface area contributed by atoms with Gasteiger partial charge in [-0.25, -0.2) is 4.98 Å². The Balaban J connectivity index is 2.89. The van der Waals surface area contributed by atoms with Gasteiger partial charge in [0.05, 0.1) is 6.54 Å². The first kappa shape index (κ1) is 14.9. The summed E-state index contributed by atoms with van der Waals surface area (Å²) in [5.41, 5.74) is 1.32. The number of amides is 2. The van der Waals surface area contributed by atoms with Crippen LogP contribution in [0.15, 0.2) is 12.1 Å². The summed E-state index contributed by atoms with van der Waals surface area (Å²) in [6, 6.07) is 3.40. The SMILES string of the molecule is CNC(=O)CNC(=O)c1cc(NC)nc(C(C)C)c1. The van der Waals surface area contributed by atoms with Gasteiger partial charge in [0.15, 0.2) is 0 Å². The van der Waals surface area contributed by atoms with Crippen LogP contribution in [-0.2, 0) is 4.79 Å². The summed E-state index contributed by atoms with van der Waals surface area (Å²) in [5.74, 6) is 0.333. The fourth-order valence-corrected chi connectivity index (χ4v) is 1.46. The molecule has 0 saturated heterocycles. The Morgan fingerprint density at radius 3 is 2.47 bits per heavy atom. The maximum Gasteiger partial charge on any atom is 0.251 e. The number of likely N-dealkylation sites (N-methyl/N-ethyl adjacent to an activating group) is 1. The topological polar surface area (TPSA) is 83.1 Å². The van der Waals surface area contributed by atoms with Crippen molar-refractivity contribution < 1.29 is 9.59 Å². The standard InChI is InChI=1S/C13H20N4O2/c1-8(2)10-5-9(6-11(14-3)17-10)13(19)16-7-12(18)15-4/h5-6,8H,7H2,1-4H3,(H,14,17)(H,15,18)(H,16,19). The minimum Gasteiger partial charge on any atom is -0.373 e. The van der Waals surface area contributed by atoms with Crippen LogP contribution in [-0.4, -0.2) is 37.4 Å². The molecule has 6 heteroatoms. The molecular formula is C13H20N4O2. The first-order valence-electron chi connectivity index (χ1n) is 6.16. The Kier molecular flexibility index (Phi) is 5.29. The summed E-state index contributed by atoms with van der Waals surface area (Å²) < 4.78 is 0. The molecule has 0 aliphatic heterocycles. The number of pyridine rings is 1. The molecule has 1 rings (SSSR count). The molecule has 0 aromatic carbocycles. The number of carbonyl (C=O) groups is 2.